The molecule has 1 aromatic carbocycles. The summed E-state index contributed by atoms with van der Waals surface area (Å²) in [6.07, 6.45) is 1.18. The zero-order valence-corrected chi connectivity index (χ0v) is 17.6. The van der Waals surface area contributed by atoms with Crippen LogP contribution in [0.2, 0.25) is 10.0 Å². The topological polar surface area (TPSA) is 85.1 Å². The van der Waals surface area contributed by atoms with Crippen LogP contribution in [0.5, 0.6) is 0 Å². The molecule has 3 aromatic rings. The molecule has 0 radical (unpaired) electrons. The number of hydrogen-bond acceptors (Lipinski definition) is 5. The van der Waals surface area contributed by atoms with Crippen molar-refractivity contribution in [2.45, 2.75) is 26.7 Å². The molecule has 0 spiro atoms. The number of thiophene rings is 1. The molecule has 0 bridgehead atoms. The Hall–Kier alpha value is -2.15. The molecular weight excluding hydrogens is 417 g/mol. The van der Waals surface area contributed by atoms with Crippen LogP contribution in [-0.2, 0) is 6.42 Å². The average Bonchev–Trinajstić information content (AvgIpc) is 2.92. The van der Waals surface area contributed by atoms with Crippen molar-refractivity contribution in [2.24, 2.45) is 5.41 Å². The number of nitrogens with zero attached hydrogens (tertiary/aromatic N) is 1. The first-order valence-corrected chi connectivity index (χ1v) is 10.2. The van der Waals surface area contributed by atoms with Crippen LogP contribution in [0.25, 0.3) is 10.2 Å². The standard InChI is InChI=1S/C20H17Cl2N3O2S/c1-20(2)7-13-9(14(26)8-20)6-10-16(23)17(28-19(10)25-13)18(27)24-12-5-3-4-11(21)15(12)22/h3-6H,7-8,23H2,1-2H3,(H,24,27). The van der Waals surface area contributed by atoms with Gasteiger partial charge in [0.15, 0.2) is 5.78 Å². The Bertz CT molecular complexity index is 1150. The van der Waals surface area contributed by atoms with Crippen LogP contribution in [0.15, 0.2) is 24.3 Å². The van der Waals surface area contributed by atoms with E-state index in [1.54, 1.807) is 24.3 Å². The number of nitrogens with two attached hydrogens (primary N) is 1. The normalized spacial score (nSPS) is 15.5. The minimum Gasteiger partial charge on any atom is -0.397 e. The van der Waals surface area contributed by atoms with Crippen molar-refractivity contribution in [3.63, 3.8) is 0 Å². The van der Waals surface area contributed by atoms with Gasteiger partial charge in [-0.15, -0.1) is 11.3 Å². The number of benzene rings is 1. The molecule has 5 nitrogen and oxygen atoms in total. The first-order chi connectivity index (χ1) is 13.2. The number of ketones is 1. The van der Waals surface area contributed by atoms with Gasteiger partial charge in [-0.2, -0.15) is 0 Å². The van der Waals surface area contributed by atoms with Crippen LogP contribution in [0.1, 0.15) is 46.0 Å². The first-order valence-electron chi connectivity index (χ1n) is 8.67. The summed E-state index contributed by atoms with van der Waals surface area (Å²) >= 11 is 13.3. The molecule has 0 atom stereocenters. The van der Waals surface area contributed by atoms with Gasteiger partial charge in [0.05, 0.1) is 27.1 Å². The van der Waals surface area contributed by atoms with Crippen LogP contribution in [0.3, 0.4) is 0 Å². The highest BCUT2D eigenvalue weighted by Crippen LogP contribution is 2.40. The Morgan fingerprint density at radius 1 is 1.29 bits per heavy atom. The monoisotopic (exact) mass is 433 g/mol. The maximum atomic E-state index is 12.8. The van der Waals surface area contributed by atoms with E-state index in [1.165, 1.54) is 11.3 Å². The first kappa shape index (κ1) is 19.2. The van der Waals surface area contributed by atoms with Gasteiger partial charge in [0.25, 0.3) is 5.91 Å². The Labute approximate surface area is 175 Å². The molecule has 2 aromatic heterocycles. The lowest BCUT2D eigenvalue weighted by molar-refractivity contribution is 0.0910. The van der Waals surface area contributed by atoms with Gasteiger partial charge >= 0.3 is 0 Å². The second-order valence-corrected chi connectivity index (χ2v) is 9.46. The predicted molar refractivity (Wildman–Crippen MR) is 115 cm³/mol. The van der Waals surface area contributed by atoms with E-state index in [2.05, 4.69) is 24.1 Å². The van der Waals surface area contributed by atoms with Crippen LogP contribution in [0, 0.1) is 5.41 Å². The lowest BCUT2D eigenvalue weighted by atomic mass is 9.75. The fourth-order valence-electron chi connectivity index (χ4n) is 3.45. The number of carbonyl (C=O) groups excluding carboxylic acids is 2. The maximum absolute atomic E-state index is 12.8. The van der Waals surface area contributed by atoms with Crippen molar-refractivity contribution in [1.82, 2.24) is 4.98 Å². The molecule has 0 aliphatic heterocycles. The molecule has 3 N–H and O–H groups in total. The molecular formula is C20H17Cl2N3O2S. The molecule has 8 heteroatoms. The van der Waals surface area contributed by atoms with Crippen molar-refractivity contribution in [1.29, 1.82) is 0 Å². The summed E-state index contributed by atoms with van der Waals surface area (Å²) in [5.41, 5.74) is 8.18. The Morgan fingerprint density at radius 3 is 2.79 bits per heavy atom. The van der Waals surface area contributed by atoms with Gasteiger partial charge in [-0.25, -0.2) is 4.98 Å². The van der Waals surface area contributed by atoms with E-state index >= 15 is 0 Å². The third kappa shape index (κ3) is 3.26. The number of nitrogens with one attached hydrogen (secondary N) is 1. The second kappa shape index (κ2) is 6.72. The molecule has 28 heavy (non-hydrogen) atoms. The quantitative estimate of drug-likeness (QED) is 0.551. The number of nitrogen functional groups attached to an aromatic ring is 1. The second-order valence-electron chi connectivity index (χ2n) is 7.68. The summed E-state index contributed by atoms with van der Waals surface area (Å²) in [5.74, 6) is -0.336. The van der Waals surface area contributed by atoms with Gasteiger partial charge in [-0.3, -0.25) is 9.59 Å². The largest absolute Gasteiger partial charge is 0.397 e. The van der Waals surface area contributed by atoms with Gasteiger partial charge in [0.2, 0.25) is 0 Å². The highest BCUT2D eigenvalue weighted by molar-refractivity contribution is 7.21. The predicted octanol–water partition coefficient (Wildman–Crippen LogP) is 5.59. The number of amides is 1. The molecule has 0 saturated carbocycles. The minimum atomic E-state index is -0.394. The average molecular weight is 434 g/mol. The molecule has 4 rings (SSSR count). The molecule has 1 aliphatic rings. The SMILES string of the molecule is CC1(C)CC(=O)c2cc3c(N)c(C(=O)Nc4cccc(Cl)c4Cl)sc3nc2C1. The van der Waals surface area contributed by atoms with E-state index in [9.17, 15) is 9.59 Å². The van der Waals surface area contributed by atoms with E-state index in [0.29, 0.717) is 49.9 Å². The van der Waals surface area contributed by atoms with Crippen LogP contribution < -0.4 is 11.1 Å². The number of halogens is 2. The molecule has 0 unspecified atom stereocenters. The Morgan fingerprint density at radius 2 is 2.04 bits per heavy atom. The van der Waals surface area contributed by atoms with Crippen LogP contribution in [-0.4, -0.2) is 16.7 Å². The number of anilines is 2. The lowest BCUT2D eigenvalue weighted by Crippen LogP contribution is -2.27. The van der Waals surface area contributed by atoms with Crippen molar-refractivity contribution >= 4 is 67.8 Å². The van der Waals surface area contributed by atoms with Gasteiger partial charge < -0.3 is 11.1 Å². The summed E-state index contributed by atoms with van der Waals surface area (Å²) in [4.78, 5) is 30.9. The summed E-state index contributed by atoms with van der Waals surface area (Å²) in [7, 11) is 0. The van der Waals surface area contributed by atoms with E-state index < -0.39 is 5.91 Å². The van der Waals surface area contributed by atoms with Crippen molar-refractivity contribution in [3.05, 3.63) is 50.4 Å². The number of aromatic nitrogens is 1. The molecule has 144 valence electrons. The van der Waals surface area contributed by atoms with E-state index in [0.717, 1.165) is 5.69 Å². The van der Waals surface area contributed by atoms with E-state index in [4.69, 9.17) is 28.9 Å². The highest BCUT2D eigenvalue weighted by Gasteiger charge is 2.33. The van der Waals surface area contributed by atoms with E-state index in [1.807, 2.05) is 0 Å². The van der Waals surface area contributed by atoms with Gasteiger partial charge in [0, 0.05) is 17.4 Å². The van der Waals surface area contributed by atoms with Gasteiger partial charge in [-0.05, 0) is 30.0 Å². The third-order valence-electron chi connectivity index (χ3n) is 4.79. The molecule has 1 aliphatic carbocycles. The van der Waals surface area contributed by atoms with Gasteiger partial charge in [0.1, 0.15) is 9.71 Å². The third-order valence-corrected chi connectivity index (χ3v) is 6.72. The van der Waals surface area contributed by atoms with E-state index in [-0.39, 0.29) is 16.2 Å². The number of fused-ring (bicyclic) bond motifs is 2. The summed E-state index contributed by atoms with van der Waals surface area (Å²) in [6.45, 7) is 4.10. The Kier molecular flexibility index (Phi) is 4.61. The zero-order chi connectivity index (χ0) is 20.2. The minimum absolute atomic E-state index is 0.0583. The number of pyridine rings is 1. The summed E-state index contributed by atoms with van der Waals surface area (Å²) in [6, 6.07) is 6.76. The Balaban J connectivity index is 1.75. The highest BCUT2D eigenvalue weighted by atomic mass is 35.5. The fraction of sp³-hybridized carbons (Fsp3) is 0.250. The van der Waals surface area contributed by atoms with Crippen molar-refractivity contribution in [2.75, 3.05) is 11.1 Å². The van der Waals surface area contributed by atoms with Crippen LogP contribution >= 0.6 is 34.5 Å². The molecule has 0 saturated heterocycles. The zero-order valence-electron chi connectivity index (χ0n) is 15.2. The lowest BCUT2D eigenvalue weighted by Gasteiger charge is -2.29. The van der Waals surface area contributed by atoms with Gasteiger partial charge in [-0.1, -0.05) is 43.1 Å². The number of carbonyl (C=O) groups is 2. The smallest absolute Gasteiger partial charge is 0.267 e. The molecule has 2 heterocycles. The summed E-state index contributed by atoms with van der Waals surface area (Å²) in [5, 5.41) is 3.97. The van der Waals surface area contributed by atoms with Crippen LogP contribution in [0.4, 0.5) is 11.4 Å². The summed E-state index contributed by atoms with van der Waals surface area (Å²) < 4.78 is 0. The number of Topliss-reactive ketones (excluding diaryl/α,β-unsaturated/α-hetero) is 1. The molecule has 1 amide bonds. The number of rotatable bonds is 2. The van der Waals surface area contributed by atoms with Crippen molar-refractivity contribution < 1.29 is 9.59 Å². The molecule has 0 fully saturated rings. The number of hydrogen-bond donors (Lipinski definition) is 2. The fourth-order valence-corrected chi connectivity index (χ4v) is 4.79. The van der Waals surface area contributed by atoms with Crippen molar-refractivity contribution in [3.8, 4) is 0 Å². The maximum Gasteiger partial charge on any atom is 0.267 e.